The average molecular weight is 311 g/mol. The Morgan fingerprint density at radius 2 is 2.05 bits per heavy atom. The van der Waals surface area contributed by atoms with Gasteiger partial charge in [0, 0.05) is 22.4 Å². The van der Waals surface area contributed by atoms with Crippen molar-refractivity contribution in [3.63, 3.8) is 0 Å². The first kappa shape index (κ1) is 14.0. The van der Waals surface area contributed by atoms with E-state index in [2.05, 4.69) is 31.2 Å². The number of fused-ring (bicyclic) bond motifs is 5. The normalized spacial score (nSPS) is 20.1. The lowest BCUT2D eigenvalue weighted by Gasteiger charge is -2.25. The quantitative estimate of drug-likeness (QED) is 0.766. The van der Waals surface area contributed by atoms with Gasteiger partial charge in [-0.3, -0.25) is 4.79 Å². The Bertz CT molecular complexity index is 908. The number of carbonyl (C=O) groups excluding carboxylic acids is 1. The topological polar surface area (TPSA) is 17.1 Å². The van der Waals surface area contributed by atoms with Crippen molar-refractivity contribution in [1.29, 1.82) is 0 Å². The molecule has 2 aromatic rings. The van der Waals surface area contributed by atoms with E-state index in [1.54, 1.807) is 0 Å². The molecule has 0 saturated carbocycles. The van der Waals surface area contributed by atoms with Gasteiger partial charge in [0.25, 0.3) is 0 Å². The van der Waals surface area contributed by atoms with E-state index in [9.17, 15) is 4.79 Å². The lowest BCUT2D eigenvalue weighted by Crippen LogP contribution is -2.28. The predicted octanol–water partition coefficient (Wildman–Crippen LogP) is 4.32. The van der Waals surface area contributed by atoms with Crippen molar-refractivity contribution in [1.82, 2.24) is 0 Å². The van der Waals surface area contributed by atoms with E-state index in [1.807, 2.05) is 6.07 Å². The van der Waals surface area contributed by atoms with Gasteiger partial charge in [0.2, 0.25) is 0 Å². The molecule has 1 atom stereocenters. The fourth-order valence-electron chi connectivity index (χ4n) is 4.05. The number of ketones is 1. The van der Waals surface area contributed by atoms with Gasteiger partial charge < -0.3 is 0 Å². The van der Waals surface area contributed by atoms with Crippen LogP contribution in [0.5, 0.6) is 0 Å². The zero-order chi connectivity index (χ0) is 15.3. The maximum Gasteiger partial charge on any atom is 0.163 e. The smallest absolute Gasteiger partial charge is 0.163 e. The van der Waals surface area contributed by atoms with Crippen LogP contribution in [0.15, 0.2) is 18.2 Å². The number of hydrogen-bond donors (Lipinski definition) is 0. The molecule has 0 N–H and O–H groups in total. The second-order valence-corrected chi connectivity index (χ2v) is 6.77. The summed E-state index contributed by atoms with van der Waals surface area (Å²) in [7, 11) is 0. The minimum atomic E-state index is 0.256. The largest absolute Gasteiger partial charge is 0.294 e. The summed E-state index contributed by atoms with van der Waals surface area (Å²) in [6, 6.07) is 6.38. The Morgan fingerprint density at radius 3 is 2.86 bits per heavy atom. The molecule has 0 heterocycles. The van der Waals surface area contributed by atoms with Crippen LogP contribution in [-0.4, -0.2) is 5.78 Å². The minimum Gasteiger partial charge on any atom is -0.294 e. The summed E-state index contributed by atoms with van der Waals surface area (Å²) in [6.07, 6.45) is 9.35. The van der Waals surface area contributed by atoms with Crippen LogP contribution in [-0.2, 0) is 0 Å². The molecule has 1 nitrogen and oxygen atoms in total. The Morgan fingerprint density at radius 1 is 1.23 bits per heavy atom. The van der Waals surface area contributed by atoms with Crippen molar-refractivity contribution < 1.29 is 4.79 Å². The van der Waals surface area contributed by atoms with E-state index in [4.69, 9.17) is 11.6 Å². The Labute approximate surface area is 135 Å². The monoisotopic (exact) mass is 310 g/mol. The number of Topliss-reactive ketones (excluding diaryl/α,β-unsaturated/α-hetero) is 1. The molecule has 2 aromatic carbocycles. The van der Waals surface area contributed by atoms with Gasteiger partial charge >= 0.3 is 0 Å². The number of hydrogen-bond acceptors (Lipinski definition) is 1. The van der Waals surface area contributed by atoms with Crippen LogP contribution < -0.4 is 10.4 Å². The first-order chi connectivity index (χ1) is 10.7. The van der Waals surface area contributed by atoms with Crippen molar-refractivity contribution in [3.8, 4) is 0 Å². The predicted molar refractivity (Wildman–Crippen MR) is 93.0 cm³/mol. The van der Waals surface area contributed by atoms with E-state index < -0.39 is 0 Å². The van der Waals surface area contributed by atoms with Gasteiger partial charge in [-0.05, 0) is 59.1 Å². The minimum absolute atomic E-state index is 0.256. The molecule has 2 aliphatic rings. The molecule has 4 rings (SSSR count). The second kappa shape index (κ2) is 5.24. The number of halogens is 1. The third-order valence-electron chi connectivity index (χ3n) is 5.17. The summed E-state index contributed by atoms with van der Waals surface area (Å²) in [6.45, 7) is 2.20. The molecule has 0 bridgehead atoms. The van der Waals surface area contributed by atoms with Crippen molar-refractivity contribution in [3.05, 3.63) is 44.8 Å². The summed E-state index contributed by atoms with van der Waals surface area (Å²) >= 11 is 6.60. The lowest BCUT2D eigenvalue weighted by atomic mass is 9.78. The molecular weight excluding hydrogens is 292 g/mol. The van der Waals surface area contributed by atoms with E-state index in [-0.39, 0.29) is 5.78 Å². The van der Waals surface area contributed by atoms with Crippen LogP contribution in [0.2, 0.25) is 5.02 Å². The Hall–Kier alpha value is -1.60. The van der Waals surface area contributed by atoms with Crippen molar-refractivity contribution in [2.24, 2.45) is 0 Å². The van der Waals surface area contributed by atoms with Gasteiger partial charge in [0.05, 0.1) is 0 Å². The van der Waals surface area contributed by atoms with Crippen molar-refractivity contribution >= 4 is 40.3 Å². The second-order valence-electron chi connectivity index (χ2n) is 6.37. The fourth-order valence-corrected chi connectivity index (χ4v) is 4.36. The van der Waals surface area contributed by atoms with E-state index in [0.29, 0.717) is 12.3 Å². The standard InChI is InChI=1S/C20H19ClO/c1-2-12-7-10-18(22)20-15(12)8-9-16-14-6-4-3-5-13(14)11-17(21)19(16)20/h5-6,8-9,11-12H,2-4,7,10H2,1H3. The first-order valence-corrected chi connectivity index (χ1v) is 8.57. The molecule has 22 heavy (non-hydrogen) atoms. The number of carbonyl (C=O) groups is 1. The van der Waals surface area contributed by atoms with Crippen LogP contribution in [0.1, 0.15) is 60.9 Å². The highest BCUT2D eigenvalue weighted by molar-refractivity contribution is 6.37. The molecule has 2 heteroatoms. The summed E-state index contributed by atoms with van der Waals surface area (Å²) < 4.78 is 0. The third-order valence-corrected chi connectivity index (χ3v) is 5.47. The molecule has 2 aliphatic carbocycles. The molecule has 1 unspecified atom stereocenters. The van der Waals surface area contributed by atoms with Gasteiger partial charge in [0.1, 0.15) is 0 Å². The zero-order valence-corrected chi connectivity index (χ0v) is 13.5. The Balaban J connectivity index is 2.17. The van der Waals surface area contributed by atoms with Gasteiger partial charge in [-0.25, -0.2) is 0 Å². The third kappa shape index (κ3) is 1.95. The summed E-state index contributed by atoms with van der Waals surface area (Å²) in [5.41, 5.74) is 2.09. The molecule has 0 fully saturated rings. The van der Waals surface area contributed by atoms with Gasteiger partial charge in [-0.1, -0.05) is 42.8 Å². The fraction of sp³-hybridized carbons (Fsp3) is 0.350. The van der Waals surface area contributed by atoms with Crippen LogP contribution in [0, 0.1) is 0 Å². The molecule has 0 amide bonds. The lowest BCUT2D eigenvalue weighted by molar-refractivity contribution is 0.0968. The van der Waals surface area contributed by atoms with Gasteiger partial charge in [0.15, 0.2) is 5.78 Å². The van der Waals surface area contributed by atoms with Crippen LogP contribution in [0.25, 0.3) is 22.9 Å². The summed E-state index contributed by atoms with van der Waals surface area (Å²) in [4.78, 5) is 12.6. The summed E-state index contributed by atoms with van der Waals surface area (Å²) in [5.74, 6) is 0.742. The highest BCUT2D eigenvalue weighted by Crippen LogP contribution is 2.38. The van der Waals surface area contributed by atoms with Crippen LogP contribution >= 0.6 is 11.6 Å². The highest BCUT2D eigenvalue weighted by Gasteiger charge is 2.27. The van der Waals surface area contributed by atoms with Crippen LogP contribution in [0.3, 0.4) is 0 Å². The van der Waals surface area contributed by atoms with Gasteiger partial charge in [-0.2, -0.15) is 0 Å². The molecule has 0 spiro atoms. The first-order valence-electron chi connectivity index (χ1n) is 8.19. The highest BCUT2D eigenvalue weighted by atomic mass is 35.5. The van der Waals surface area contributed by atoms with Crippen molar-refractivity contribution in [2.45, 2.75) is 44.9 Å². The SMILES string of the molecule is CCC1CCC(=O)c2c1ccc1c3c(cc(Cl)c21)=CCCC=3. The van der Waals surface area contributed by atoms with Gasteiger partial charge in [-0.15, -0.1) is 0 Å². The van der Waals surface area contributed by atoms with E-state index in [1.165, 1.54) is 16.0 Å². The van der Waals surface area contributed by atoms with E-state index >= 15 is 0 Å². The number of rotatable bonds is 1. The maximum atomic E-state index is 12.6. The molecule has 0 saturated heterocycles. The van der Waals surface area contributed by atoms with Crippen molar-refractivity contribution in [2.75, 3.05) is 0 Å². The van der Waals surface area contributed by atoms with E-state index in [0.717, 1.165) is 47.0 Å². The maximum absolute atomic E-state index is 12.6. The molecule has 0 aliphatic heterocycles. The molecule has 0 radical (unpaired) electrons. The molecule has 112 valence electrons. The molecule has 0 aromatic heterocycles. The summed E-state index contributed by atoms with van der Waals surface area (Å²) in [5, 5.41) is 5.30. The Kier molecular flexibility index (Phi) is 3.34. The van der Waals surface area contributed by atoms with Crippen LogP contribution in [0.4, 0.5) is 0 Å². The molecular formula is C20H19ClO. The zero-order valence-electron chi connectivity index (χ0n) is 12.8. The average Bonchev–Trinajstić information content (AvgIpc) is 2.55. The number of benzene rings is 2.